The summed E-state index contributed by atoms with van der Waals surface area (Å²) in [5, 5.41) is 8.58. The second-order valence-corrected chi connectivity index (χ2v) is 25.0. The highest BCUT2D eigenvalue weighted by Crippen LogP contribution is 2.51. The number of halogens is 2. The highest BCUT2D eigenvalue weighted by atomic mass is 35.5. The summed E-state index contributed by atoms with van der Waals surface area (Å²) >= 11 is 12.7. The molecule has 8 rings (SSSR count). The average Bonchev–Trinajstić information content (AvgIpc) is 1.69. The van der Waals surface area contributed by atoms with Gasteiger partial charge < -0.3 is 35.2 Å². The summed E-state index contributed by atoms with van der Waals surface area (Å²) in [6.45, 7) is 23.2. The summed E-state index contributed by atoms with van der Waals surface area (Å²) in [5.41, 5.74) is 2.53. The number of para-hydroxylation sites is 1. The van der Waals surface area contributed by atoms with Crippen LogP contribution in [0.2, 0.25) is 10.0 Å². The predicted molar refractivity (Wildman–Crippen MR) is 337 cm³/mol. The number of hydrogen-bond acceptors (Lipinski definition) is 11. The molecule has 0 radical (unpaired) electrons. The zero-order valence-electron chi connectivity index (χ0n) is 51.8. The van der Waals surface area contributed by atoms with E-state index in [1.54, 1.807) is 61.5 Å². The van der Waals surface area contributed by atoms with Crippen LogP contribution in [0, 0.1) is 12.3 Å². The molecule has 9 amide bonds. The number of hydrogen-bond donors (Lipinski definition) is 3. The van der Waals surface area contributed by atoms with E-state index in [1.165, 1.54) is 48.4 Å². The van der Waals surface area contributed by atoms with Gasteiger partial charge in [-0.2, -0.15) is 0 Å². The number of amides is 9. The Labute approximate surface area is 519 Å². The summed E-state index contributed by atoms with van der Waals surface area (Å²) in [7, 11) is 1.45. The Kier molecular flexibility index (Phi) is 20.5. The van der Waals surface area contributed by atoms with Gasteiger partial charge in [-0.1, -0.05) is 145 Å². The largest absolute Gasteiger partial charge is 0.480 e. The summed E-state index contributed by atoms with van der Waals surface area (Å²) in [5.74, 6) is -4.16. The summed E-state index contributed by atoms with van der Waals surface area (Å²) in [4.78, 5) is 126. The van der Waals surface area contributed by atoms with Crippen molar-refractivity contribution in [1.29, 1.82) is 0 Å². The van der Waals surface area contributed by atoms with E-state index in [2.05, 4.69) is 69.6 Å². The number of imide groups is 2. The minimum Gasteiger partial charge on any atom is -0.480 e. The Hall–Kier alpha value is -8.09. The van der Waals surface area contributed by atoms with Crippen molar-refractivity contribution in [1.82, 2.24) is 14.7 Å². The molecule has 4 unspecified atom stereocenters. The maximum Gasteiger partial charge on any atom is 0.418 e. The van der Waals surface area contributed by atoms with Gasteiger partial charge in [0.1, 0.15) is 11.8 Å². The Morgan fingerprint density at radius 1 is 0.713 bits per heavy atom. The van der Waals surface area contributed by atoms with E-state index in [9.17, 15) is 43.2 Å². The fourth-order valence-electron chi connectivity index (χ4n) is 10.2. The van der Waals surface area contributed by atoms with Crippen molar-refractivity contribution in [3.05, 3.63) is 148 Å². The third-order valence-electron chi connectivity index (χ3n) is 17.1. The lowest BCUT2D eigenvalue weighted by atomic mass is 9.76. The molecule has 4 atom stereocenters. The molecule has 87 heavy (non-hydrogen) atoms. The average molecular weight is 1230 g/mol. The number of ether oxygens (including phenoxy) is 2. The molecule has 0 bridgehead atoms. The van der Waals surface area contributed by atoms with Crippen molar-refractivity contribution < 1.29 is 52.6 Å². The first-order chi connectivity index (χ1) is 41.0. The van der Waals surface area contributed by atoms with Gasteiger partial charge in [0, 0.05) is 35.9 Å². The van der Waals surface area contributed by atoms with Crippen molar-refractivity contribution in [2.45, 2.75) is 169 Å². The normalized spacial score (nSPS) is 17.1. The van der Waals surface area contributed by atoms with Crippen LogP contribution in [0.3, 0.4) is 0 Å². The van der Waals surface area contributed by atoms with Gasteiger partial charge in [0.25, 0.3) is 35.4 Å². The van der Waals surface area contributed by atoms with Crippen molar-refractivity contribution >= 4 is 99.3 Å². The van der Waals surface area contributed by atoms with Gasteiger partial charge in [-0.05, 0) is 142 Å². The van der Waals surface area contributed by atoms with Crippen molar-refractivity contribution in [3.8, 4) is 5.75 Å². The zero-order chi connectivity index (χ0) is 64.1. The highest BCUT2D eigenvalue weighted by molar-refractivity contribution is 6.35. The second kappa shape index (κ2) is 26.9. The summed E-state index contributed by atoms with van der Waals surface area (Å²) in [6.07, 6.45) is 1.92. The molecule has 18 nitrogen and oxygen atoms in total. The number of rotatable bonds is 22. The fraction of sp³-hybridized carbons (Fsp3) is 0.418. The van der Waals surface area contributed by atoms with E-state index < -0.39 is 88.6 Å². The molecule has 1 saturated carbocycles. The van der Waals surface area contributed by atoms with Crippen molar-refractivity contribution in [2.75, 3.05) is 27.9 Å². The molecular formula is C67H79Cl2N7O11. The van der Waals surface area contributed by atoms with E-state index in [0.29, 0.717) is 47.7 Å². The summed E-state index contributed by atoms with van der Waals surface area (Å²) < 4.78 is 11.6. The molecule has 1 aliphatic carbocycles. The molecule has 462 valence electrons. The predicted octanol–water partition coefficient (Wildman–Crippen LogP) is 12.8. The minimum atomic E-state index is -1.79. The Bertz CT molecular complexity index is 3460. The smallest absolute Gasteiger partial charge is 0.418 e. The van der Waals surface area contributed by atoms with Gasteiger partial charge >= 0.3 is 12.1 Å². The summed E-state index contributed by atoms with van der Waals surface area (Å²) in [6, 6.07) is 28.5. The molecule has 2 aliphatic heterocycles. The maximum absolute atomic E-state index is 14.2. The van der Waals surface area contributed by atoms with E-state index in [-0.39, 0.29) is 38.8 Å². The van der Waals surface area contributed by atoms with Crippen molar-refractivity contribution in [3.63, 3.8) is 0 Å². The maximum atomic E-state index is 14.2. The van der Waals surface area contributed by atoms with Crippen molar-refractivity contribution in [2.24, 2.45) is 5.41 Å². The lowest BCUT2D eigenvalue weighted by Crippen LogP contribution is -2.56. The van der Waals surface area contributed by atoms with Crippen LogP contribution in [0.25, 0.3) is 0 Å². The second-order valence-electron chi connectivity index (χ2n) is 24.2. The molecule has 2 saturated heterocycles. The number of carbonyl (C=O) groups excluding carboxylic acids is 9. The van der Waals surface area contributed by atoms with E-state index >= 15 is 0 Å². The number of nitrogens with zero attached hydrogens (tertiary/aromatic N) is 4. The van der Waals surface area contributed by atoms with Crippen LogP contribution < -0.4 is 25.6 Å². The highest BCUT2D eigenvalue weighted by Gasteiger charge is 2.58. The van der Waals surface area contributed by atoms with Crippen LogP contribution in [-0.4, -0.2) is 105 Å². The number of cyclic esters (lactones) is 1. The zero-order valence-corrected chi connectivity index (χ0v) is 53.3. The number of urea groups is 1. The molecule has 20 heteroatoms. The number of benzene rings is 5. The molecule has 3 fully saturated rings. The number of likely N-dealkylation sites (N-methyl/N-ethyl adjacent to an activating group) is 1. The monoisotopic (exact) mass is 1230 g/mol. The third kappa shape index (κ3) is 14.5. The minimum absolute atomic E-state index is 0.0242. The first kappa shape index (κ1) is 66.4. The lowest BCUT2D eigenvalue weighted by molar-refractivity contribution is -0.143. The van der Waals surface area contributed by atoms with Gasteiger partial charge in [-0.25, -0.2) is 19.4 Å². The van der Waals surface area contributed by atoms with E-state index in [1.807, 2.05) is 57.2 Å². The van der Waals surface area contributed by atoms with Gasteiger partial charge in [-0.15, -0.1) is 0 Å². The number of aryl methyl sites for hydroxylation is 1. The molecule has 0 spiro atoms. The van der Waals surface area contributed by atoms with Crippen LogP contribution in [0.15, 0.2) is 115 Å². The number of Topliss-reactive ketones (excluding diaryl/α,β-unsaturated/α-hetero) is 1. The Balaban J connectivity index is 0.000000294. The molecular weight excluding hydrogens is 1150 g/mol. The van der Waals surface area contributed by atoms with Crippen LogP contribution in [0.4, 0.5) is 32.3 Å². The topological polar surface area (TPSA) is 221 Å². The molecule has 3 aliphatic rings. The quantitative estimate of drug-likeness (QED) is 0.0437. The Morgan fingerprint density at radius 2 is 1.29 bits per heavy atom. The number of anilines is 4. The SMILES string of the molecule is CCC(Oc1ccc(C(C)(C)CC)cc1C(C)(C)CC)C(=O)Nc1ccc(Cl)c(NC(=O)C(C(=O)C2(CC)CC2)N2C(=O)C(C)N(Cc3ccccc3)C2=O)c1.Cc1ccc(Cl)c(NC(=O)C(C(=O)N(C)c2ccccc2)N2C(=O)OC(C)(C)C2=O)c1. The van der Waals surface area contributed by atoms with Crippen LogP contribution in [0.1, 0.15) is 137 Å². The lowest BCUT2D eigenvalue weighted by Gasteiger charge is -2.31. The van der Waals surface area contributed by atoms with E-state index in [4.69, 9.17) is 32.7 Å². The third-order valence-corrected chi connectivity index (χ3v) is 17.7. The first-order valence-electron chi connectivity index (χ1n) is 29.4. The number of ketones is 1. The van der Waals surface area contributed by atoms with Gasteiger partial charge in [0.2, 0.25) is 6.04 Å². The van der Waals surface area contributed by atoms with Gasteiger partial charge in [0.05, 0.1) is 21.4 Å². The molecule has 2 heterocycles. The first-order valence-corrected chi connectivity index (χ1v) is 30.1. The standard InChI is InChI=1S/C45H57ClN4O6.C22H22ClN3O5/c1-10-35(56-36-22-19-30(43(6,7)11-2)25-32(36)44(8,9)12-3)39(52)47-31-20-21-33(46)34(26-31)48-40(53)37(38(51)45(13-4)23-24-45)50-41(54)28(5)49(42(50)55)27-29-17-15-14-16-18-29;1-13-10-11-15(23)16(12-13)24-18(27)17(26-20(29)22(2,3)31-21(26)30)19(28)25(4)14-8-6-5-7-9-14/h14-22,25-26,28,35,37H,10-13,23-24,27H2,1-9H3,(H,47,52)(H,48,53);5-12,17H,1-4H3,(H,24,27). The molecule has 0 aromatic heterocycles. The Morgan fingerprint density at radius 3 is 1.84 bits per heavy atom. The van der Waals surface area contributed by atoms with Crippen LogP contribution in [0.5, 0.6) is 5.75 Å². The number of carbonyl (C=O) groups is 9. The van der Waals surface area contributed by atoms with Crippen LogP contribution in [-0.2, 0) is 55.7 Å². The van der Waals surface area contributed by atoms with E-state index in [0.717, 1.165) is 34.4 Å². The fourth-order valence-corrected chi connectivity index (χ4v) is 10.6. The molecule has 5 aromatic carbocycles. The molecule has 5 aromatic rings. The van der Waals surface area contributed by atoms with Gasteiger partial charge in [-0.3, -0.25) is 33.6 Å². The van der Waals surface area contributed by atoms with Crippen LogP contribution >= 0.6 is 23.2 Å². The molecule has 3 N–H and O–H groups in total. The van der Waals surface area contributed by atoms with Gasteiger partial charge in [0.15, 0.2) is 23.5 Å². The number of nitrogens with one attached hydrogen (secondary N) is 3.